The van der Waals surface area contributed by atoms with Gasteiger partial charge in [0.15, 0.2) is 0 Å². The van der Waals surface area contributed by atoms with Crippen molar-refractivity contribution in [1.82, 2.24) is 19.3 Å². The molecular formula is C23H26N4O4S2. The summed E-state index contributed by atoms with van der Waals surface area (Å²) in [6.45, 7) is 3.97. The Labute approximate surface area is 197 Å². The van der Waals surface area contributed by atoms with Crippen molar-refractivity contribution < 1.29 is 17.7 Å². The number of amides is 1. The van der Waals surface area contributed by atoms with Crippen LogP contribution in [0.3, 0.4) is 0 Å². The van der Waals surface area contributed by atoms with Crippen LogP contribution in [0.25, 0.3) is 11.4 Å². The smallest absolute Gasteiger partial charge is 0.252 e. The van der Waals surface area contributed by atoms with Crippen molar-refractivity contribution in [3.63, 3.8) is 0 Å². The van der Waals surface area contributed by atoms with Crippen LogP contribution in [0, 0.1) is 5.92 Å². The normalized spacial score (nSPS) is 17.8. The second-order valence-electron chi connectivity index (χ2n) is 8.48. The largest absolute Gasteiger partial charge is 0.339 e. The fourth-order valence-electron chi connectivity index (χ4n) is 4.50. The number of hydrogen-bond donors (Lipinski definition) is 0. The first-order valence-corrected chi connectivity index (χ1v) is 13.5. The van der Waals surface area contributed by atoms with Crippen LogP contribution in [0.15, 0.2) is 44.4 Å². The number of sulfonamides is 1. The van der Waals surface area contributed by atoms with Crippen molar-refractivity contribution in [1.29, 1.82) is 0 Å². The predicted molar refractivity (Wildman–Crippen MR) is 124 cm³/mol. The molecule has 0 bridgehead atoms. The number of nitrogens with zero attached hydrogens (tertiary/aromatic N) is 4. The molecule has 1 saturated heterocycles. The van der Waals surface area contributed by atoms with Gasteiger partial charge in [-0.2, -0.15) is 9.29 Å². The summed E-state index contributed by atoms with van der Waals surface area (Å²) in [5, 5.41) is 5.66. The number of benzene rings is 1. The van der Waals surface area contributed by atoms with E-state index in [1.807, 2.05) is 24.0 Å². The Balaban J connectivity index is 1.22. The Bertz CT molecular complexity index is 1260. The maximum absolute atomic E-state index is 13.2. The average molecular weight is 487 g/mol. The van der Waals surface area contributed by atoms with Crippen molar-refractivity contribution >= 4 is 27.3 Å². The lowest BCUT2D eigenvalue weighted by Crippen LogP contribution is -2.45. The van der Waals surface area contributed by atoms with E-state index >= 15 is 0 Å². The van der Waals surface area contributed by atoms with E-state index in [4.69, 9.17) is 4.52 Å². The Morgan fingerprint density at radius 2 is 1.94 bits per heavy atom. The van der Waals surface area contributed by atoms with Crippen LogP contribution < -0.4 is 0 Å². The number of carbonyl (C=O) groups is 1. The number of fused-ring (bicyclic) bond motifs is 1. The zero-order valence-corrected chi connectivity index (χ0v) is 20.1. The van der Waals surface area contributed by atoms with Crippen LogP contribution in [-0.2, 0) is 34.2 Å². The van der Waals surface area contributed by atoms with Crippen molar-refractivity contribution in [3.05, 3.63) is 52.7 Å². The fraction of sp³-hybridized carbons (Fsp3) is 0.435. The average Bonchev–Trinajstić information content (AvgIpc) is 3.53. The first-order chi connectivity index (χ1) is 16.0. The molecule has 0 radical (unpaired) electrons. The number of aromatic nitrogens is 2. The van der Waals surface area contributed by atoms with Gasteiger partial charge in [-0.25, -0.2) is 8.42 Å². The highest BCUT2D eigenvalue weighted by atomic mass is 32.2. The molecule has 1 amide bonds. The van der Waals surface area contributed by atoms with Crippen LogP contribution in [0.1, 0.15) is 36.8 Å². The van der Waals surface area contributed by atoms with Gasteiger partial charge < -0.3 is 9.42 Å². The Morgan fingerprint density at radius 3 is 2.67 bits per heavy atom. The van der Waals surface area contributed by atoms with Gasteiger partial charge in [-0.3, -0.25) is 4.79 Å². The molecule has 2 aliphatic heterocycles. The van der Waals surface area contributed by atoms with Gasteiger partial charge in [0.1, 0.15) is 4.21 Å². The minimum Gasteiger partial charge on any atom is -0.339 e. The molecule has 0 saturated carbocycles. The van der Waals surface area contributed by atoms with E-state index in [0.717, 1.165) is 24.3 Å². The first kappa shape index (κ1) is 22.2. The molecule has 8 nitrogen and oxygen atoms in total. The SMILES string of the molecule is CCc1nc(-c2csc(S(=O)(=O)N3CCC(C(=O)N4CCc5ccccc5C4)CC3)c2)no1. The van der Waals surface area contributed by atoms with Crippen molar-refractivity contribution in [2.75, 3.05) is 19.6 Å². The highest BCUT2D eigenvalue weighted by molar-refractivity contribution is 7.91. The summed E-state index contributed by atoms with van der Waals surface area (Å²) in [4.78, 5) is 19.3. The lowest BCUT2D eigenvalue weighted by Gasteiger charge is -2.35. The van der Waals surface area contributed by atoms with Gasteiger partial charge in [0.05, 0.1) is 0 Å². The predicted octanol–water partition coefficient (Wildman–Crippen LogP) is 3.35. The highest BCUT2D eigenvalue weighted by Gasteiger charge is 2.35. The van der Waals surface area contributed by atoms with E-state index in [-0.39, 0.29) is 16.0 Å². The van der Waals surface area contributed by atoms with Crippen molar-refractivity contribution in [3.8, 4) is 11.4 Å². The Morgan fingerprint density at radius 1 is 1.18 bits per heavy atom. The molecule has 33 heavy (non-hydrogen) atoms. The number of rotatable bonds is 5. The van der Waals surface area contributed by atoms with E-state index in [1.54, 1.807) is 11.4 Å². The fourth-order valence-corrected chi connectivity index (χ4v) is 7.28. The highest BCUT2D eigenvalue weighted by Crippen LogP contribution is 2.32. The first-order valence-electron chi connectivity index (χ1n) is 11.2. The molecule has 0 atom stereocenters. The lowest BCUT2D eigenvalue weighted by atomic mass is 9.94. The molecule has 10 heteroatoms. The van der Waals surface area contributed by atoms with Gasteiger partial charge in [-0.05, 0) is 36.5 Å². The number of thiophene rings is 1. The molecule has 1 fully saturated rings. The second-order valence-corrected chi connectivity index (χ2v) is 11.6. The summed E-state index contributed by atoms with van der Waals surface area (Å²) < 4.78 is 33.3. The molecule has 174 valence electrons. The third-order valence-electron chi connectivity index (χ3n) is 6.44. The van der Waals surface area contributed by atoms with Crippen LogP contribution in [0.2, 0.25) is 0 Å². The zero-order valence-electron chi connectivity index (χ0n) is 18.4. The zero-order chi connectivity index (χ0) is 23.0. The minimum absolute atomic E-state index is 0.132. The maximum atomic E-state index is 13.2. The third-order valence-corrected chi connectivity index (χ3v) is 9.76. The van der Waals surface area contributed by atoms with Gasteiger partial charge in [0.2, 0.25) is 17.6 Å². The van der Waals surface area contributed by atoms with E-state index < -0.39 is 10.0 Å². The van der Waals surface area contributed by atoms with Crippen LogP contribution in [-0.4, -0.2) is 53.3 Å². The van der Waals surface area contributed by atoms with E-state index in [1.165, 1.54) is 15.4 Å². The quantitative estimate of drug-likeness (QED) is 0.549. The summed E-state index contributed by atoms with van der Waals surface area (Å²) in [5.41, 5.74) is 3.15. The molecule has 3 aromatic rings. The van der Waals surface area contributed by atoms with E-state index in [0.29, 0.717) is 56.2 Å². The standard InChI is InChI=1S/C23H26N4O4S2/c1-2-20-24-22(25-31-20)19-13-21(32-15-19)33(29,30)27-11-8-17(9-12-27)23(28)26-10-7-16-5-3-4-6-18(16)14-26/h3-6,13,15,17H,2,7-12,14H2,1H3. The number of hydrogen-bond acceptors (Lipinski definition) is 7. The van der Waals surface area contributed by atoms with Gasteiger partial charge in [0, 0.05) is 49.5 Å². The van der Waals surface area contributed by atoms with Crippen LogP contribution in [0.4, 0.5) is 0 Å². The molecule has 5 rings (SSSR count). The Kier molecular flexibility index (Phi) is 6.07. The monoisotopic (exact) mass is 486 g/mol. The van der Waals surface area contributed by atoms with Crippen molar-refractivity contribution in [2.24, 2.45) is 5.92 Å². The second kappa shape index (κ2) is 9.00. The summed E-state index contributed by atoms with van der Waals surface area (Å²) in [6.07, 6.45) is 2.58. The Hall–Kier alpha value is -2.56. The van der Waals surface area contributed by atoms with Gasteiger partial charge >= 0.3 is 0 Å². The third kappa shape index (κ3) is 4.34. The van der Waals surface area contributed by atoms with Crippen molar-refractivity contribution in [2.45, 2.75) is 43.4 Å². The molecule has 0 aliphatic carbocycles. The van der Waals surface area contributed by atoms with Crippen LogP contribution in [0.5, 0.6) is 0 Å². The van der Waals surface area contributed by atoms with E-state index in [2.05, 4.69) is 22.3 Å². The lowest BCUT2D eigenvalue weighted by molar-refractivity contribution is -0.137. The topological polar surface area (TPSA) is 96.6 Å². The molecule has 2 aliphatic rings. The summed E-state index contributed by atoms with van der Waals surface area (Å²) in [5.74, 6) is 0.928. The van der Waals surface area contributed by atoms with Gasteiger partial charge in [-0.1, -0.05) is 36.3 Å². The number of carbonyl (C=O) groups excluding carboxylic acids is 1. The molecule has 4 heterocycles. The van der Waals surface area contributed by atoms with E-state index in [9.17, 15) is 13.2 Å². The van der Waals surface area contributed by atoms with Gasteiger partial charge in [0.25, 0.3) is 10.0 Å². The summed E-state index contributed by atoms with van der Waals surface area (Å²) in [7, 11) is -3.62. The molecule has 1 aromatic carbocycles. The molecule has 0 unspecified atom stereocenters. The minimum atomic E-state index is -3.62. The van der Waals surface area contributed by atoms with Crippen LogP contribution >= 0.6 is 11.3 Å². The molecule has 0 spiro atoms. The molecular weight excluding hydrogens is 460 g/mol. The molecule has 0 N–H and O–H groups in total. The van der Waals surface area contributed by atoms with Gasteiger partial charge in [-0.15, -0.1) is 11.3 Å². The summed E-state index contributed by atoms with van der Waals surface area (Å²) >= 11 is 1.16. The number of piperidine rings is 1. The maximum Gasteiger partial charge on any atom is 0.252 e. The summed E-state index contributed by atoms with van der Waals surface area (Å²) in [6, 6.07) is 9.85. The molecule has 2 aromatic heterocycles. The number of aryl methyl sites for hydroxylation is 1.